The number of hydrogen-bond acceptors (Lipinski definition) is 2. The van der Waals surface area contributed by atoms with E-state index in [0.29, 0.717) is 0 Å². The van der Waals surface area contributed by atoms with E-state index in [9.17, 15) is 0 Å². The summed E-state index contributed by atoms with van der Waals surface area (Å²) >= 11 is 0. The third-order valence-corrected chi connectivity index (χ3v) is 6.39. The van der Waals surface area contributed by atoms with E-state index in [1.54, 1.807) is 6.20 Å². The summed E-state index contributed by atoms with van der Waals surface area (Å²) in [6.07, 6.45) is 13.8. The Labute approximate surface area is 183 Å². The summed E-state index contributed by atoms with van der Waals surface area (Å²) in [5.41, 5.74) is 4.73. The normalized spacial score (nSPS) is 14.8. The summed E-state index contributed by atoms with van der Waals surface area (Å²) in [5, 5.41) is 0. The molecular weight excluding hydrogens is 352 g/mol. The Morgan fingerprint density at radius 3 is 1.93 bits per heavy atom. The number of rotatable bonds is 9. The van der Waals surface area contributed by atoms with Gasteiger partial charge < -0.3 is 0 Å². The van der Waals surface area contributed by atoms with Gasteiger partial charge in [0.1, 0.15) is 5.82 Å². The van der Waals surface area contributed by atoms with E-state index in [4.69, 9.17) is 0 Å². The smallest absolute Gasteiger partial charge is 0.125 e. The molecule has 0 amide bonds. The Kier molecular flexibility index (Phi) is 15.9. The lowest BCUT2D eigenvalue weighted by Crippen LogP contribution is -2.22. The zero-order valence-corrected chi connectivity index (χ0v) is 21.1. The van der Waals surface area contributed by atoms with Gasteiger partial charge in [-0.25, -0.2) is 9.97 Å². The lowest BCUT2D eigenvalue weighted by atomic mass is 9.72. The topological polar surface area (TPSA) is 25.8 Å². The summed E-state index contributed by atoms with van der Waals surface area (Å²) in [6.45, 7) is 20.0. The van der Waals surface area contributed by atoms with Crippen LogP contribution in [-0.4, -0.2) is 9.97 Å². The molecular formula is C27H50N2. The van der Waals surface area contributed by atoms with Crippen LogP contribution in [0.15, 0.2) is 23.4 Å². The van der Waals surface area contributed by atoms with Crippen LogP contribution in [-0.2, 0) is 6.42 Å². The molecule has 0 spiro atoms. The zero-order valence-electron chi connectivity index (χ0n) is 21.1. The molecule has 0 aromatic carbocycles. The van der Waals surface area contributed by atoms with E-state index in [1.165, 1.54) is 51.4 Å². The molecule has 29 heavy (non-hydrogen) atoms. The fourth-order valence-electron chi connectivity index (χ4n) is 4.41. The zero-order chi connectivity index (χ0) is 22.2. The first kappa shape index (κ1) is 27.8. The van der Waals surface area contributed by atoms with Crippen molar-refractivity contribution in [3.05, 3.63) is 34.9 Å². The van der Waals surface area contributed by atoms with Gasteiger partial charge in [-0.05, 0) is 62.8 Å². The highest BCUT2D eigenvalue weighted by Crippen LogP contribution is 2.39. The molecule has 0 saturated heterocycles. The van der Waals surface area contributed by atoms with Crippen molar-refractivity contribution in [3.63, 3.8) is 0 Å². The van der Waals surface area contributed by atoms with Crippen LogP contribution in [0.2, 0.25) is 0 Å². The minimum absolute atomic E-state index is 0.813. The fraction of sp³-hybridized carbons (Fsp3) is 0.778. The minimum Gasteiger partial charge on any atom is -0.242 e. The monoisotopic (exact) mass is 402 g/mol. The molecule has 1 aromatic rings. The quantitative estimate of drug-likeness (QED) is 0.386. The third kappa shape index (κ3) is 9.92. The molecule has 2 unspecified atom stereocenters. The Morgan fingerprint density at radius 1 is 1.00 bits per heavy atom. The van der Waals surface area contributed by atoms with Crippen molar-refractivity contribution < 1.29 is 0 Å². The fourth-order valence-corrected chi connectivity index (χ4v) is 4.41. The largest absolute Gasteiger partial charge is 0.242 e. The summed E-state index contributed by atoms with van der Waals surface area (Å²) in [7, 11) is 0. The molecule has 0 aliphatic heterocycles. The standard InChI is InChI=1S/C18H34.C7H10N2.C2H6/c1-6-10-16(11-7-2)14(4)15(5)18(8-3)17-12-9-13-17;1-3-7-4-5-8-6(2)9-7;1-2/h14-16H,6-13H2,1-5H3;4-5H,3H2,1-2H3;1-2H3. The van der Waals surface area contributed by atoms with Crippen molar-refractivity contribution in [3.8, 4) is 0 Å². The van der Waals surface area contributed by atoms with Crippen molar-refractivity contribution in [2.75, 3.05) is 0 Å². The molecule has 2 atom stereocenters. The molecule has 1 aliphatic carbocycles. The Hall–Kier alpha value is -1.18. The molecule has 0 radical (unpaired) electrons. The first-order valence-electron chi connectivity index (χ1n) is 12.5. The van der Waals surface area contributed by atoms with Crippen molar-refractivity contribution in [2.45, 2.75) is 120 Å². The Morgan fingerprint density at radius 2 is 1.59 bits per heavy atom. The Bertz CT molecular complexity index is 549. The highest BCUT2D eigenvalue weighted by atomic mass is 14.9. The minimum atomic E-state index is 0.813. The molecule has 1 saturated carbocycles. The van der Waals surface area contributed by atoms with Crippen molar-refractivity contribution >= 4 is 0 Å². The van der Waals surface area contributed by atoms with E-state index in [-0.39, 0.29) is 0 Å². The van der Waals surface area contributed by atoms with Crippen LogP contribution in [0, 0.1) is 24.7 Å². The molecule has 2 nitrogen and oxygen atoms in total. The predicted octanol–water partition coefficient (Wildman–Crippen LogP) is 8.74. The van der Waals surface area contributed by atoms with Gasteiger partial charge in [0.2, 0.25) is 0 Å². The third-order valence-electron chi connectivity index (χ3n) is 6.39. The summed E-state index contributed by atoms with van der Waals surface area (Å²) in [6, 6.07) is 1.94. The number of nitrogens with zero attached hydrogens (tertiary/aromatic N) is 2. The van der Waals surface area contributed by atoms with Crippen molar-refractivity contribution in [1.82, 2.24) is 9.97 Å². The SMILES string of the molecule is CC.CCCC(CCC)C(C)C(C)C(CC)=C1CCC1.CCc1ccnc(C)n1. The summed E-state index contributed by atoms with van der Waals surface area (Å²) in [5.74, 6) is 3.48. The van der Waals surface area contributed by atoms with Gasteiger partial charge >= 0.3 is 0 Å². The number of allylic oxidation sites excluding steroid dienone is 2. The summed E-state index contributed by atoms with van der Waals surface area (Å²) < 4.78 is 0. The van der Waals surface area contributed by atoms with Gasteiger partial charge in [-0.3, -0.25) is 0 Å². The lowest BCUT2D eigenvalue weighted by Gasteiger charge is -2.33. The van der Waals surface area contributed by atoms with E-state index < -0.39 is 0 Å². The van der Waals surface area contributed by atoms with Crippen LogP contribution in [0.1, 0.15) is 118 Å². The van der Waals surface area contributed by atoms with Gasteiger partial charge in [-0.1, -0.05) is 92.2 Å². The first-order chi connectivity index (χ1) is 14.0. The van der Waals surface area contributed by atoms with Crippen molar-refractivity contribution in [1.29, 1.82) is 0 Å². The van der Waals surface area contributed by atoms with Crippen LogP contribution in [0.5, 0.6) is 0 Å². The molecule has 0 bridgehead atoms. The second-order valence-electron chi connectivity index (χ2n) is 8.27. The molecule has 0 N–H and O–H groups in total. The molecule has 1 aromatic heterocycles. The van der Waals surface area contributed by atoms with Gasteiger partial charge in [-0.2, -0.15) is 0 Å². The second-order valence-corrected chi connectivity index (χ2v) is 8.27. The maximum absolute atomic E-state index is 4.18. The highest BCUT2D eigenvalue weighted by Gasteiger charge is 2.26. The van der Waals surface area contributed by atoms with Crippen LogP contribution >= 0.6 is 0 Å². The molecule has 168 valence electrons. The van der Waals surface area contributed by atoms with E-state index >= 15 is 0 Å². The van der Waals surface area contributed by atoms with Crippen LogP contribution in [0.3, 0.4) is 0 Å². The molecule has 1 aliphatic rings. The molecule has 2 rings (SSSR count). The van der Waals surface area contributed by atoms with Gasteiger partial charge in [0.05, 0.1) is 0 Å². The Balaban J connectivity index is 0.000000595. The van der Waals surface area contributed by atoms with E-state index in [2.05, 4.69) is 51.5 Å². The van der Waals surface area contributed by atoms with Crippen LogP contribution in [0.25, 0.3) is 0 Å². The van der Waals surface area contributed by atoms with Crippen LogP contribution in [0.4, 0.5) is 0 Å². The first-order valence-corrected chi connectivity index (χ1v) is 12.5. The highest BCUT2D eigenvalue weighted by molar-refractivity contribution is 5.22. The number of aryl methyl sites for hydroxylation is 2. The average molecular weight is 403 g/mol. The van der Waals surface area contributed by atoms with Crippen LogP contribution < -0.4 is 0 Å². The maximum atomic E-state index is 4.18. The van der Waals surface area contributed by atoms with Gasteiger partial charge in [-0.15, -0.1) is 0 Å². The van der Waals surface area contributed by atoms with E-state index in [0.717, 1.165) is 35.7 Å². The van der Waals surface area contributed by atoms with Gasteiger partial charge in [0, 0.05) is 11.9 Å². The van der Waals surface area contributed by atoms with E-state index in [1.807, 2.05) is 38.0 Å². The van der Waals surface area contributed by atoms with Gasteiger partial charge in [0.25, 0.3) is 0 Å². The summed E-state index contributed by atoms with van der Waals surface area (Å²) in [4.78, 5) is 8.16. The van der Waals surface area contributed by atoms with Gasteiger partial charge in [0.15, 0.2) is 0 Å². The molecule has 2 heteroatoms. The predicted molar refractivity (Wildman–Crippen MR) is 130 cm³/mol. The second kappa shape index (κ2) is 16.6. The maximum Gasteiger partial charge on any atom is 0.125 e. The van der Waals surface area contributed by atoms with Crippen molar-refractivity contribution in [2.24, 2.45) is 17.8 Å². The molecule has 1 fully saturated rings. The number of hydrogen-bond donors (Lipinski definition) is 0. The lowest BCUT2D eigenvalue weighted by molar-refractivity contribution is 0.249. The molecule has 1 heterocycles. The average Bonchev–Trinajstić information content (AvgIpc) is 2.71. The number of aromatic nitrogens is 2.